The summed E-state index contributed by atoms with van der Waals surface area (Å²) >= 11 is 1.72. The Morgan fingerprint density at radius 3 is 2.74 bits per heavy atom. The van der Waals surface area contributed by atoms with Crippen molar-refractivity contribution in [3.8, 4) is 0 Å². The lowest BCUT2D eigenvalue weighted by Gasteiger charge is -2.23. The van der Waals surface area contributed by atoms with Gasteiger partial charge >= 0.3 is 0 Å². The van der Waals surface area contributed by atoms with Crippen molar-refractivity contribution in [1.82, 2.24) is 9.88 Å². The fraction of sp³-hybridized carbons (Fsp3) is 0.217. The summed E-state index contributed by atoms with van der Waals surface area (Å²) in [7, 11) is 0. The number of hydrogen-bond donors (Lipinski definition) is 0. The lowest BCUT2D eigenvalue weighted by atomic mass is 10.0. The smallest absolute Gasteiger partial charge is 0.227 e. The maximum absolute atomic E-state index is 13.1. The summed E-state index contributed by atoms with van der Waals surface area (Å²) in [6, 6.07) is 22.9. The van der Waals surface area contributed by atoms with Gasteiger partial charge in [0.25, 0.3) is 0 Å². The summed E-state index contributed by atoms with van der Waals surface area (Å²) < 4.78 is 1.20. The van der Waals surface area contributed by atoms with Gasteiger partial charge in [0.1, 0.15) is 5.01 Å². The maximum Gasteiger partial charge on any atom is 0.227 e. The van der Waals surface area contributed by atoms with E-state index in [1.165, 1.54) is 15.5 Å². The van der Waals surface area contributed by atoms with Crippen LogP contribution in [0.1, 0.15) is 29.5 Å². The van der Waals surface area contributed by atoms with Crippen LogP contribution in [-0.4, -0.2) is 22.3 Å². The van der Waals surface area contributed by atoms with Crippen LogP contribution >= 0.6 is 11.3 Å². The van der Waals surface area contributed by atoms with Crippen LogP contribution in [0.3, 0.4) is 0 Å². The summed E-state index contributed by atoms with van der Waals surface area (Å²) in [5, 5.41) is 3.47. The van der Waals surface area contributed by atoms with Crippen molar-refractivity contribution in [2.45, 2.75) is 25.3 Å². The van der Waals surface area contributed by atoms with Crippen LogP contribution in [0, 0.1) is 0 Å². The van der Waals surface area contributed by atoms with Gasteiger partial charge in [0.05, 0.1) is 22.7 Å². The standard InChI is InChI=1S/C23H20N2OS/c26-22(15-16-11-12-17-6-1-2-7-18(17)14-16)25-13-5-9-20(25)23-24-19-8-3-4-10-21(19)27-23/h1-4,6-8,10-12,14,20H,5,9,13,15H2. The molecule has 1 unspecified atom stereocenters. The number of fused-ring (bicyclic) bond motifs is 2. The molecule has 4 heteroatoms. The van der Waals surface area contributed by atoms with Crippen molar-refractivity contribution >= 4 is 38.2 Å². The molecule has 0 spiro atoms. The van der Waals surface area contributed by atoms with Crippen LogP contribution in [0.15, 0.2) is 66.7 Å². The summed E-state index contributed by atoms with van der Waals surface area (Å²) in [4.78, 5) is 19.9. The fourth-order valence-corrected chi connectivity index (χ4v) is 5.09. The fourth-order valence-electron chi connectivity index (χ4n) is 3.98. The van der Waals surface area contributed by atoms with E-state index < -0.39 is 0 Å². The number of benzene rings is 3. The Kier molecular flexibility index (Phi) is 4.13. The Morgan fingerprint density at radius 1 is 1.04 bits per heavy atom. The molecular formula is C23H20N2OS. The quantitative estimate of drug-likeness (QED) is 0.485. The van der Waals surface area contributed by atoms with Crippen molar-refractivity contribution in [2.24, 2.45) is 0 Å². The van der Waals surface area contributed by atoms with Crippen LogP contribution in [-0.2, 0) is 11.2 Å². The van der Waals surface area contributed by atoms with Gasteiger partial charge in [0, 0.05) is 6.54 Å². The van der Waals surface area contributed by atoms with Gasteiger partial charge in [-0.05, 0) is 41.3 Å². The predicted octanol–water partition coefficient (Wildman–Crippen LogP) is 5.36. The summed E-state index contributed by atoms with van der Waals surface area (Å²) in [6.45, 7) is 0.826. The number of carbonyl (C=O) groups excluding carboxylic acids is 1. The first-order valence-corrected chi connectivity index (χ1v) is 10.2. The van der Waals surface area contributed by atoms with Gasteiger partial charge in [-0.15, -0.1) is 11.3 Å². The molecule has 0 aliphatic carbocycles. The number of thiazole rings is 1. The average molecular weight is 372 g/mol. The molecule has 5 rings (SSSR count). The van der Waals surface area contributed by atoms with E-state index in [1.807, 2.05) is 35.2 Å². The number of aromatic nitrogens is 1. The Hall–Kier alpha value is -2.72. The second-order valence-corrected chi connectivity index (χ2v) is 8.19. The highest BCUT2D eigenvalue weighted by atomic mass is 32.1. The van der Waals surface area contributed by atoms with E-state index in [2.05, 4.69) is 36.4 Å². The first-order chi connectivity index (χ1) is 13.3. The van der Waals surface area contributed by atoms with E-state index in [-0.39, 0.29) is 11.9 Å². The van der Waals surface area contributed by atoms with Crippen molar-refractivity contribution in [1.29, 1.82) is 0 Å². The number of rotatable bonds is 3. The average Bonchev–Trinajstić information content (AvgIpc) is 3.34. The topological polar surface area (TPSA) is 33.2 Å². The predicted molar refractivity (Wildman–Crippen MR) is 111 cm³/mol. The van der Waals surface area contributed by atoms with E-state index in [1.54, 1.807) is 11.3 Å². The summed E-state index contributed by atoms with van der Waals surface area (Å²) in [5.74, 6) is 0.201. The number of amides is 1. The van der Waals surface area contributed by atoms with Crippen LogP contribution in [0.4, 0.5) is 0 Å². The van der Waals surface area contributed by atoms with Crippen molar-refractivity contribution in [3.05, 3.63) is 77.3 Å². The summed E-state index contributed by atoms with van der Waals surface area (Å²) in [6.07, 6.45) is 2.50. The molecule has 0 saturated carbocycles. The Bertz CT molecular complexity index is 1100. The zero-order chi connectivity index (χ0) is 18.2. The van der Waals surface area contributed by atoms with Crippen LogP contribution in [0.25, 0.3) is 21.0 Å². The van der Waals surface area contributed by atoms with E-state index in [0.717, 1.165) is 35.5 Å². The van der Waals surface area contributed by atoms with Crippen LogP contribution in [0.5, 0.6) is 0 Å². The molecule has 1 aliphatic rings. The molecule has 1 fully saturated rings. The molecule has 0 radical (unpaired) electrons. The van der Waals surface area contributed by atoms with Crippen LogP contribution in [0.2, 0.25) is 0 Å². The van der Waals surface area contributed by atoms with Gasteiger partial charge in [-0.2, -0.15) is 0 Å². The normalized spacial score (nSPS) is 17.0. The number of nitrogens with zero attached hydrogens (tertiary/aromatic N) is 2. The van der Waals surface area contributed by atoms with Crippen molar-refractivity contribution < 1.29 is 4.79 Å². The third kappa shape index (κ3) is 3.10. The lowest BCUT2D eigenvalue weighted by molar-refractivity contribution is -0.131. The zero-order valence-corrected chi connectivity index (χ0v) is 15.8. The highest BCUT2D eigenvalue weighted by Crippen LogP contribution is 2.36. The van der Waals surface area contributed by atoms with Crippen LogP contribution < -0.4 is 0 Å². The molecule has 1 saturated heterocycles. The third-order valence-electron chi connectivity index (χ3n) is 5.34. The van der Waals surface area contributed by atoms with E-state index in [0.29, 0.717) is 6.42 Å². The molecule has 1 amide bonds. The van der Waals surface area contributed by atoms with Gasteiger partial charge < -0.3 is 4.90 Å². The highest BCUT2D eigenvalue weighted by molar-refractivity contribution is 7.18. The number of para-hydroxylation sites is 1. The van der Waals surface area contributed by atoms with Gasteiger partial charge in [0.15, 0.2) is 0 Å². The molecule has 0 bridgehead atoms. The highest BCUT2D eigenvalue weighted by Gasteiger charge is 2.32. The summed E-state index contributed by atoms with van der Waals surface area (Å²) in [5.41, 5.74) is 2.11. The molecule has 4 aromatic rings. The molecule has 1 aromatic heterocycles. The molecular weight excluding hydrogens is 352 g/mol. The van der Waals surface area contributed by atoms with E-state index >= 15 is 0 Å². The third-order valence-corrected chi connectivity index (χ3v) is 6.48. The number of hydrogen-bond acceptors (Lipinski definition) is 3. The second kappa shape index (κ2) is 6.78. The second-order valence-electron chi connectivity index (χ2n) is 7.12. The number of carbonyl (C=O) groups is 1. The molecule has 134 valence electrons. The minimum Gasteiger partial charge on any atom is -0.333 e. The Morgan fingerprint density at radius 2 is 1.85 bits per heavy atom. The lowest BCUT2D eigenvalue weighted by Crippen LogP contribution is -2.31. The van der Waals surface area contributed by atoms with E-state index in [9.17, 15) is 4.79 Å². The van der Waals surface area contributed by atoms with Gasteiger partial charge in [-0.3, -0.25) is 4.79 Å². The largest absolute Gasteiger partial charge is 0.333 e. The molecule has 3 nitrogen and oxygen atoms in total. The van der Waals surface area contributed by atoms with Gasteiger partial charge in [0.2, 0.25) is 5.91 Å². The van der Waals surface area contributed by atoms with E-state index in [4.69, 9.17) is 4.98 Å². The first kappa shape index (κ1) is 16.5. The maximum atomic E-state index is 13.1. The molecule has 27 heavy (non-hydrogen) atoms. The molecule has 2 heterocycles. The molecule has 1 aliphatic heterocycles. The SMILES string of the molecule is O=C(Cc1ccc2ccccc2c1)N1CCCC1c1nc2ccccc2s1. The first-order valence-electron chi connectivity index (χ1n) is 9.40. The Balaban J connectivity index is 1.39. The van der Waals surface area contributed by atoms with Crippen molar-refractivity contribution in [3.63, 3.8) is 0 Å². The van der Waals surface area contributed by atoms with Gasteiger partial charge in [-0.25, -0.2) is 4.98 Å². The van der Waals surface area contributed by atoms with Crippen molar-refractivity contribution in [2.75, 3.05) is 6.54 Å². The minimum absolute atomic E-state index is 0.121. The molecule has 0 N–H and O–H groups in total. The molecule has 3 aromatic carbocycles. The minimum atomic E-state index is 0.121. The monoisotopic (exact) mass is 372 g/mol. The van der Waals surface area contributed by atoms with Gasteiger partial charge in [-0.1, -0.05) is 54.6 Å². The number of likely N-dealkylation sites (tertiary alicyclic amines) is 1. The molecule has 1 atom stereocenters. The Labute approximate surface area is 162 Å². The zero-order valence-electron chi connectivity index (χ0n) is 15.0.